The number of nitrogens with one attached hydrogen (secondary N) is 2. The number of carbonyl (C=O) groups excluding carboxylic acids is 2. The number of para-hydroxylation sites is 1. The van der Waals surface area contributed by atoms with Gasteiger partial charge in [-0.15, -0.1) is 0 Å². The van der Waals surface area contributed by atoms with Crippen molar-refractivity contribution in [2.45, 2.75) is 0 Å². The molecule has 2 aromatic rings. The molecule has 0 aliphatic rings. The van der Waals surface area contributed by atoms with Crippen molar-refractivity contribution in [2.24, 2.45) is 0 Å². The highest BCUT2D eigenvalue weighted by molar-refractivity contribution is 6.33. The van der Waals surface area contributed by atoms with E-state index in [1.807, 2.05) is 0 Å². The van der Waals surface area contributed by atoms with Crippen LogP contribution in [0.2, 0.25) is 5.15 Å². The third-order valence-electron chi connectivity index (χ3n) is 2.75. The summed E-state index contributed by atoms with van der Waals surface area (Å²) in [6.07, 6.45) is 1.36. The van der Waals surface area contributed by atoms with E-state index in [4.69, 9.17) is 17.3 Å². The van der Waals surface area contributed by atoms with Crippen LogP contribution in [0, 0.1) is 0 Å². The highest BCUT2D eigenvalue weighted by atomic mass is 35.5. The molecule has 2 rings (SSSR count). The van der Waals surface area contributed by atoms with Crippen LogP contribution in [-0.2, 0) is 0 Å². The Morgan fingerprint density at radius 2 is 1.90 bits per heavy atom. The molecule has 2 amide bonds. The van der Waals surface area contributed by atoms with Crippen molar-refractivity contribution in [1.82, 2.24) is 10.3 Å². The molecular weight excluding hydrogens is 292 g/mol. The zero-order valence-corrected chi connectivity index (χ0v) is 11.9. The second kappa shape index (κ2) is 6.23. The van der Waals surface area contributed by atoms with E-state index in [9.17, 15) is 9.59 Å². The van der Waals surface area contributed by atoms with E-state index in [1.165, 1.54) is 19.3 Å². The van der Waals surface area contributed by atoms with E-state index < -0.39 is 5.91 Å². The summed E-state index contributed by atoms with van der Waals surface area (Å²) in [6.45, 7) is 0. The average Bonchev–Trinajstić information content (AvgIpc) is 2.49. The molecule has 0 radical (unpaired) electrons. The summed E-state index contributed by atoms with van der Waals surface area (Å²) in [5.41, 5.74) is 6.78. The van der Waals surface area contributed by atoms with Crippen molar-refractivity contribution in [3.05, 3.63) is 52.8 Å². The van der Waals surface area contributed by atoms with Crippen LogP contribution in [0.3, 0.4) is 0 Å². The van der Waals surface area contributed by atoms with Crippen molar-refractivity contribution in [3.63, 3.8) is 0 Å². The Labute approximate surface area is 126 Å². The molecule has 108 valence electrons. The summed E-state index contributed by atoms with van der Waals surface area (Å²) in [4.78, 5) is 27.8. The number of rotatable bonds is 3. The van der Waals surface area contributed by atoms with Gasteiger partial charge in [0, 0.05) is 7.05 Å². The first-order chi connectivity index (χ1) is 10.0. The van der Waals surface area contributed by atoms with Crippen LogP contribution >= 0.6 is 11.6 Å². The molecule has 21 heavy (non-hydrogen) atoms. The van der Waals surface area contributed by atoms with Gasteiger partial charge in [0.05, 0.1) is 28.7 Å². The summed E-state index contributed by atoms with van der Waals surface area (Å²) in [5, 5.41) is 5.18. The molecule has 4 N–H and O–H groups in total. The smallest absolute Gasteiger partial charge is 0.258 e. The Hall–Kier alpha value is -2.60. The van der Waals surface area contributed by atoms with Crippen LogP contribution in [0.15, 0.2) is 36.5 Å². The lowest BCUT2D eigenvalue weighted by Crippen LogP contribution is -2.21. The number of nitrogens with zero attached hydrogens (tertiary/aromatic N) is 1. The van der Waals surface area contributed by atoms with E-state index in [0.717, 1.165) is 0 Å². The molecule has 0 fully saturated rings. The summed E-state index contributed by atoms with van der Waals surface area (Å²) in [5.74, 6) is -0.793. The molecule has 1 aromatic heterocycles. The molecule has 0 saturated carbocycles. The standard InChI is InChI=1S/C14H13ClN4O2/c1-17-13(20)9-4-2-3-5-11(9)19-14(21)10-6-8(16)7-18-12(10)15/h2-7H,16H2,1H3,(H,17,20)(H,19,21). The minimum Gasteiger partial charge on any atom is -0.397 e. The maximum atomic E-state index is 12.2. The molecular formula is C14H13ClN4O2. The molecule has 7 heteroatoms. The fraction of sp³-hybridized carbons (Fsp3) is 0.0714. The molecule has 0 aliphatic carbocycles. The van der Waals surface area contributed by atoms with Gasteiger partial charge >= 0.3 is 0 Å². The molecule has 0 saturated heterocycles. The number of nitrogen functional groups attached to an aromatic ring is 1. The van der Waals surface area contributed by atoms with Gasteiger partial charge in [-0.1, -0.05) is 23.7 Å². The van der Waals surface area contributed by atoms with Gasteiger partial charge in [-0.2, -0.15) is 0 Å². The molecule has 6 nitrogen and oxygen atoms in total. The molecule has 1 aromatic carbocycles. The Bertz CT molecular complexity index is 703. The second-order valence-electron chi connectivity index (χ2n) is 4.19. The van der Waals surface area contributed by atoms with Gasteiger partial charge in [0.25, 0.3) is 11.8 Å². The van der Waals surface area contributed by atoms with E-state index in [-0.39, 0.29) is 16.6 Å². The quantitative estimate of drug-likeness (QED) is 0.755. The monoisotopic (exact) mass is 304 g/mol. The van der Waals surface area contributed by atoms with Crippen LogP contribution in [0.5, 0.6) is 0 Å². The van der Waals surface area contributed by atoms with Gasteiger partial charge in [-0.05, 0) is 18.2 Å². The minimum absolute atomic E-state index is 0.0409. The third kappa shape index (κ3) is 3.29. The Morgan fingerprint density at radius 1 is 1.19 bits per heavy atom. The number of halogens is 1. The summed E-state index contributed by atoms with van der Waals surface area (Å²) < 4.78 is 0. The van der Waals surface area contributed by atoms with Gasteiger partial charge in [-0.25, -0.2) is 4.98 Å². The van der Waals surface area contributed by atoms with Gasteiger partial charge in [0.2, 0.25) is 0 Å². The number of amides is 2. The topological polar surface area (TPSA) is 97.1 Å². The Kier molecular flexibility index (Phi) is 4.39. The van der Waals surface area contributed by atoms with E-state index in [0.29, 0.717) is 16.9 Å². The molecule has 1 heterocycles. The largest absolute Gasteiger partial charge is 0.397 e. The fourth-order valence-corrected chi connectivity index (χ4v) is 1.93. The predicted octanol–water partition coefficient (Wildman–Crippen LogP) is 1.93. The van der Waals surface area contributed by atoms with Crippen molar-refractivity contribution >= 4 is 34.8 Å². The van der Waals surface area contributed by atoms with Crippen LogP contribution in [0.1, 0.15) is 20.7 Å². The predicted molar refractivity (Wildman–Crippen MR) is 81.4 cm³/mol. The molecule has 0 spiro atoms. The number of hydrogen-bond acceptors (Lipinski definition) is 4. The minimum atomic E-state index is -0.490. The van der Waals surface area contributed by atoms with E-state index in [1.54, 1.807) is 24.3 Å². The normalized spacial score (nSPS) is 10.0. The van der Waals surface area contributed by atoms with Gasteiger partial charge in [0.1, 0.15) is 5.15 Å². The maximum absolute atomic E-state index is 12.2. The SMILES string of the molecule is CNC(=O)c1ccccc1NC(=O)c1cc(N)cnc1Cl. The number of benzene rings is 1. The lowest BCUT2D eigenvalue weighted by atomic mass is 10.1. The van der Waals surface area contributed by atoms with Crippen molar-refractivity contribution in [1.29, 1.82) is 0 Å². The first-order valence-electron chi connectivity index (χ1n) is 6.06. The number of carbonyl (C=O) groups is 2. The summed E-state index contributed by atoms with van der Waals surface area (Å²) >= 11 is 5.88. The van der Waals surface area contributed by atoms with Crippen molar-refractivity contribution < 1.29 is 9.59 Å². The number of aromatic nitrogens is 1. The van der Waals surface area contributed by atoms with Crippen LogP contribution in [0.25, 0.3) is 0 Å². The molecule has 0 atom stereocenters. The number of hydrogen-bond donors (Lipinski definition) is 3. The number of anilines is 2. The molecule has 0 aliphatic heterocycles. The summed E-state index contributed by atoms with van der Waals surface area (Å²) in [6, 6.07) is 8.06. The zero-order valence-electron chi connectivity index (χ0n) is 11.2. The maximum Gasteiger partial charge on any atom is 0.258 e. The lowest BCUT2D eigenvalue weighted by molar-refractivity contribution is 0.0964. The number of nitrogens with two attached hydrogens (primary N) is 1. The van der Waals surface area contributed by atoms with Gasteiger partial charge in [-0.3, -0.25) is 9.59 Å². The highest BCUT2D eigenvalue weighted by Gasteiger charge is 2.16. The van der Waals surface area contributed by atoms with E-state index >= 15 is 0 Å². The third-order valence-corrected chi connectivity index (χ3v) is 3.05. The van der Waals surface area contributed by atoms with Gasteiger partial charge in [0.15, 0.2) is 0 Å². The second-order valence-corrected chi connectivity index (χ2v) is 4.54. The summed E-state index contributed by atoms with van der Waals surface area (Å²) in [7, 11) is 1.51. The van der Waals surface area contributed by atoms with Crippen LogP contribution in [0.4, 0.5) is 11.4 Å². The fourth-order valence-electron chi connectivity index (χ4n) is 1.74. The Morgan fingerprint density at radius 3 is 2.62 bits per heavy atom. The van der Waals surface area contributed by atoms with Gasteiger partial charge < -0.3 is 16.4 Å². The highest BCUT2D eigenvalue weighted by Crippen LogP contribution is 2.20. The molecule has 0 unspecified atom stereocenters. The van der Waals surface area contributed by atoms with Crippen LogP contribution in [-0.4, -0.2) is 23.8 Å². The first-order valence-corrected chi connectivity index (χ1v) is 6.44. The van der Waals surface area contributed by atoms with E-state index in [2.05, 4.69) is 15.6 Å². The molecule has 0 bridgehead atoms. The van der Waals surface area contributed by atoms with Crippen molar-refractivity contribution in [3.8, 4) is 0 Å². The average molecular weight is 305 g/mol. The first kappa shape index (κ1) is 14.8. The lowest BCUT2D eigenvalue weighted by Gasteiger charge is -2.10. The number of pyridine rings is 1. The van der Waals surface area contributed by atoms with Crippen LogP contribution < -0.4 is 16.4 Å². The Balaban J connectivity index is 2.32. The van der Waals surface area contributed by atoms with Crippen molar-refractivity contribution in [2.75, 3.05) is 18.1 Å². The zero-order chi connectivity index (χ0) is 15.4.